The summed E-state index contributed by atoms with van der Waals surface area (Å²) >= 11 is 3.25. The molecular weight excluding hydrogens is 220 g/mol. The summed E-state index contributed by atoms with van der Waals surface area (Å²) in [6.45, 7) is 0. The van der Waals surface area contributed by atoms with E-state index in [0.29, 0.717) is 5.69 Å². The summed E-state index contributed by atoms with van der Waals surface area (Å²) in [5, 5.41) is 0. The Morgan fingerprint density at radius 1 is 1.58 bits per heavy atom. The molecule has 0 aromatic carbocycles. The van der Waals surface area contributed by atoms with Gasteiger partial charge in [0, 0.05) is 16.7 Å². The van der Waals surface area contributed by atoms with Crippen LogP contribution in [-0.2, 0) is 4.79 Å². The molecule has 0 atom stereocenters. The number of aromatic nitrogens is 1. The lowest BCUT2D eigenvalue weighted by Crippen LogP contribution is -2.05. The number of rotatable bonds is 2. The third-order valence-electron chi connectivity index (χ3n) is 1.17. The van der Waals surface area contributed by atoms with Gasteiger partial charge in [-0.05, 0) is 34.1 Å². The van der Waals surface area contributed by atoms with Crippen LogP contribution in [0.5, 0.6) is 0 Å². The maximum absolute atomic E-state index is 10.3. The molecule has 0 aliphatic carbocycles. The highest BCUT2D eigenvalue weighted by atomic mass is 79.9. The van der Waals surface area contributed by atoms with Gasteiger partial charge in [-0.15, -0.1) is 0 Å². The number of pyridine rings is 1. The highest BCUT2D eigenvalue weighted by Gasteiger charge is 1.89. The molecule has 0 bridgehead atoms. The predicted molar refractivity (Wildman–Crippen MR) is 50.2 cm³/mol. The number of amides is 1. The van der Waals surface area contributed by atoms with Crippen molar-refractivity contribution < 1.29 is 4.79 Å². The predicted octanol–water partition coefficient (Wildman–Crippen LogP) is 1.34. The quantitative estimate of drug-likeness (QED) is 0.775. The first-order valence-electron chi connectivity index (χ1n) is 3.27. The normalized spacial score (nSPS) is 10.4. The van der Waals surface area contributed by atoms with Gasteiger partial charge in [0.15, 0.2) is 0 Å². The Bertz CT molecular complexity index is 305. The highest BCUT2D eigenvalue weighted by molar-refractivity contribution is 9.10. The van der Waals surface area contributed by atoms with Crippen LogP contribution in [0.25, 0.3) is 6.08 Å². The van der Waals surface area contributed by atoms with Gasteiger partial charge < -0.3 is 5.73 Å². The zero-order valence-corrected chi connectivity index (χ0v) is 7.78. The molecule has 12 heavy (non-hydrogen) atoms. The van der Waals surface area contributed by atoms with Crippen LogP contribution in [0.2, 0.25) is 0 Å². The van der Waals surface area contributed by atoms with Crippen LogP contribution in [0.1, 0.15) is 5.69 Å². The minimum atomic E-state index is -0.472. The van der Waals surface area contributed by atoms with E-state index in [4.69, 9.17) is 5.73 Å². The van der Waals surface area contributed by atoms with Crippen LogP contribution in [0.4, 0.5) is 0 Å². The standard InChI is InChI=1S/C8H7BrN2O/c9-6-1-2-7(11-5-6)3-4-8(10)12/h1-5H,(H2,10,12)/b4-3-. The summed E-state index contributed by atoms with van der Waals surface area (Å²) in [4.78, 5) is 14.3. The van der Waals surface area contributed by atoms with Crippen molar-refractivity contribution in [1.29, 1.82) is 0 Å². The van der Waals surface area contributed by atoms with Gasteiger partial charge in [-0.3, -0.25) is 9.78 Å². The van der Waals surface area contributed by atoms with Gasteiger partial charge >= 0.3 is 0 Å². The molecule has 0 saturated heterocycles. The van der Waals surface area contributed by atoms with Crippen molar-refractivity contribution in [2.75, 3.05) is 0 Å². The average molecular weight is 227 g/mol. The molecule has 0 unspecified atom stereocenters. The first-order valence-corrected chi connectivity index (χ1v) is 4.07. The number of halogens is 1. The molecule has 0 spiro atoms. The van der Waals surface area contributed by atoms with Crippen molar-refractivity contribution in [3.05, 3.63) is 34.6 Å². The monoisotopic (exact) mass is 226 g/mol. The molecule has 1 aromatic heterocycles. The van der Waals surface area contributed by atoms with Crippen molar-refractivity contribution in [2.45, 2.75) is 0 Å². The lowest BCUT2D eigenvalue weighted by Gasteiger charge is -1.91. The lowest BCUT2D eigenvalue weighted by atomic mass is 10.3. The Labute approximate surface area is 78.4 Å². The molecule has 1 rings (SSSR count). The van der Waals surface area contributed by atoms with E-state index in [1.165, 1.54) is 6.08 Å². The van der Waals surface area contributed by atoms with E-state index in [-0.39, 0.29) is 0 Å². The number of nitrogens with two attached hydrogens (primary N) is 1. The Morgan fingerprint density at radius 2 is 2.33 bits per heavy atom. The molecule has 1 aromatic rings. The first-order chi connectivity index (χ1) is 5.68. The largest absolute Gasteiger partial charge is 0.366 e. The minimum Gasteiger partial charge on any atom is -0.366 e. The summed E-state index contributed by atoms with van der Waals surface area (Å²) in [5.41, 5.74) is 5.61. The van der Waals surface area contributed by atoms with E-state index in [9.17, 15) is 4.79 Å². The molecule has 1 heterocycles. The Morgan fingerprint density at radius 3 is 2.83 bits per heavy atom. The van der Waals surface area contributed by atoms with E-state index in [2.05, 4.69) is 20.9 Å². The average Bonchev–Trinajstić information content (AvgIpc) is 2.03. The number of hydrogen-bond acceptors (Lipinski definition) is 2. The second-order valence-corrected chi connectivity index (χ2v) is 3.05. The second-order valence-electron chi connectivity index (χ2n) is 2.14. The van der Waals surface area contributed by atoms with Gasteiger partial charge in [0.1, 0.15) is 0 Å². The molecular formula is C8H7BrN2O. The van der Waals surface area contributed by atoms with Crippen LogP contribution in [0.3, 0.4) is 0 Å². The van der Waals surface area contributed by atoms with Crippen molar-refractivity contribution >= 4 is 27.9 Å². The second kappa shape index (κ2) is 4.01. The lowest BCUT2D eigenvalue weighted by molar-refractivity contribution is -0.113. The van der Waals surface area contributed by atoms with E-state index >= 15 is 0 Å². The maximum Gasteiger partial charge on any atom is 0.241 e. The fraction of sp³-hybridized carbons (Fsp3) is 0. The number of carbonyl (C=O) groups excluding carboxylic acids is 1. The Balaban J connectivity index is 2.77. The SMILES string of the molecule is NC(=O)/C=C\c1ccc(Br)cn1. The molecule has 2 N–H and O–H groups in total. The molecule has 0 radical (unpaired) electrons. The van der Waals surface area contributed by atoms with E-state index in [1.54, 1.807) is 18.3 Å². The van der Waals surface area contributed by atoms with Gasteiger partial charge in [-0.2, -0.15) is 0 Å². The van der Waals surface area contributed by atoms with Crippen LogP contribution in [-0.4, -0.2) is 10.9 Å². The maximum atomic E-state index is 10.3. The Hall–Kier alpha value is -1.16. The van der Waals surface area contributed by atoms with E-state index in [1.807, 2.05) is 6.07 Å². The Kier molecular flexibility index (Phi) is 2.99. The van der Waals surface area contributed by atoms with E-state index in [0.717, 1.165) is 4.47 Å². The summed E-state index contributed by atoms with van der Waals surface area (Å²) in [6, 6.07) is 3.62. The number of hydrogen-bond donors (Lipinski definition) is 1. The fourth-order valence-electron chi connectivity index (χ4n) is 0.653. The van der Waals surface area contributed by atoms with Crippen LogP contribution < -0.4 is 5.73 Å². The topological polar surface area (TPSA) is 56.0 Å². The van der Waals surface area contributed by atoms with Gasteiger partial charge in [0.25, 0.3) is 0 Å². The molecule has 3 nitrogen and oxygen atoms in total. The van der Waals surface area contributed by atoms with Crippen molar-refractivity contribution in [3.63, 3.8) is 0 Å². The van der Waals surface area contributed by atoms with Crippen molar-refractivity contribution in [2.24, 2.45) is 5.73 Å². The van der Waals surface area contributed by atoms with Gasteiger partial charge in [-0.25, -0.2) is 0 Å². The van der Waals surface area contributed by atoms with E-state index < -0.39 is 5.91 Å². The van der Waals surface area contributed by atoms with Crippen LogP contribution in [0, 0.1) is 0 Å². The fourth-order valence-corrected chi connectivity index (χ4v) is 0.888. The molecule has 0 aliphatic rings. The molecule has 1 amide bonds. The number of carbonyl (C=O) groups is 1. The minimum absolute atomic E-state index is 0.472. The summed E-state index contributed by atoms with van der Waals surface area (Å²) < 4.78 is 0.902. The third kappa shape index (κ3) is 2.84. The van der Waals surface area contributed by atoms with Gasteiger partial charge in [-0.1, -0.05) is 0 Å². The van der Waals surface area contributed by atoms with Crippen molar-refractivity contribution in [3.8, 4) is 0 Å². The molecule has 62 valence electrons. The van der Waals surface area contributed by atoms with Gasteiger partial charge in [0.2, 0.25) is 5.91 Å². The molecule has 4 heteroatoms. The molecule has 0 aliphatic heterocycles. The first kappa shape index (κ1) is 8.93. The summed E-state index contributed by atoms with van der Waals surface area (Å²) in [6.07, 6.45) is 4.49. The number of nitrogens with zero attached hydrogens (tertiary/aromatic N) is 1. The van der Waals surface area contributed by atoms with Gasteiger partial charge in [0.05, 0.1) is 5.69 Å². The number of primary amides is 1. The molecule has 0 saturated carbocycles. The smallest absolute Gasteiger partial charge is 0.241 e. The third-order valence-corrected chi connectivity index (χ3v) is 1.64. The van der Waals surface area contributed by atoms with Crippen molar-refractivity contribution in [1.82, 2.24) is 4.98 Å². The highest BCUT2D eigenvalue weighted by Crippen LogP contribution is 2.07. The van der Waals surface area contributed by atoms with Crippen LogP contribution in [0.15, 0.2) is 28.9 Å². The summed E-state index contributed by atoms with van der Waals surface area (Å²) in [5.74, 6) is -0.472. The summed E-state index contributed by atoms with van der Waals surface area (Å²) in [7, 11) is 0. The zero-order valence-electron chi connectivity index (χ0n) is 6.20. The van der Waals surface area contributed by atoms with Crippen LogP contribution >= 0.6 is 15.9 Å². The zero-order chi connectivity index (χ0) is 8.97. The molecule has 0 fully saturated rings.